The summed E-state index contributed by atoms with van der Waals surface area (Å²) in [6.07, 6.45) is 4.07. The van der Waals surface area contributed by atoms with Crippen LogP contribution in [0, 0.1) is 6.92 Å². The minimum atomic E-state index is 0.835. The maximum Gasteiger partial charge on any atom is 0.138 e. The van der Waals surface area contributed by atoms with Crippen molar-refractivity contribution in [1.82, 2.24) is 9.88 Å². The number of hydrogen-bond donors (Lipinski definition) is 1. The Morgan fingerprint density at radius 3 is 2.56 bits per heavy atom. The molecule has 0 amide bonds. The number of hydrogen-bond acceptors (Lipinski definition) is 2. The van der Waals surface area contributed by atoms with Gasteiger partial charge in [0.05, 0.1) is 11.4 Å². The molecule has 0 saturated heterocycles. The van der Waals surface area contributed by atoms with Crippen LogP contribution in [0.1, 0.15) is 22.4 Å². The van der Waals surface area contributed by atoms with E-state index in [0.29, 0.717) is 0 Å². The minimum absolute atomic E-state index is 0.835. The second-order valence-corrected chi connectivity index (χ2v) is 6.23. The molecule has 2 aromatic carbocycles. The van der Waals surface area contributed by atoms with Crippen molar-refractivity contribution in [1.29, 1.82) is 0 Å². The molecule has 4 rings (SSSR count). The lowest BCUT2D eigenvalue weighted by molar-refractivity contribution is 0.477. The molecule has 1 N–H and O–H groups in total. The maximum absolute atomic E-state index is 6.26. The van der Waals surface area contributed by atoms with Crippen molar-refractivity contribution in [3.8, 4) is 11.5 Å². The van der Waals surface area contributed by atoms with Crippen molar-refractivity contribution in [3.63, 3.8) is 0 Å². The number of aryl methyl sites for hydroxylation is 1. The quantitative estimate of drug-likeness (QED) is 0.695. The van der Waals surface area contributed by atoms with Gasteiger partial charge in [-0.15, -0.1) is 0 Å². The van der Waals surface area contributed by atoms with E-state index in [4.69, 9.17) is 4.74 Å². The third-order valence-corrected chi connectivity index (χ3v) is 4.54. The second kappa shape index (κ2) is 6.02. The molecule has 1 aliphatic heterocycles. The van der Waals surface area contributed by atoms with E-state index in [-0.39, 0.29) is 0 Å². The Morgan fingerprint density at radius 2 is 1.76 bits per heavy atom. The molecule has 0 unspecified atom stereocenters. The first kappa shape index (κ1) is 15.3. The lowest BCUT2D eigenvalue weighted by Crippen LogP contribution is -2.15. The van der Waals surface area contributed by atoms with E-state index in [9.17, 15) is 0 Å². The lowest BCUT2D eigenvalue weighted by atomic mass is 9.93. The van der Waals surface area contributed by atoms with Gasteiger partial charge in [-0.1, -0.05) is 43.0 Å². The molecule has 0 saturated carbocycles. The molecule has 0 atom stereocenters. The topological polar surface area (TPSA) is 28.3 Å². The number of benzene rings is 2. The van der Waals surface area contributed by atoms with Gasteiger partial charge in [-0.2, -0.15) is 0 Å². The summed E-state index contributed by atoms with van der Waals surface area (Å²) in [5.41, 5.74) is 6.46. The fourth-order valence-electron chi connectivity index (χ4n) is 3.17. The predicted octanol–water partition coefficient (Wildman–Crippen LogP) is 5.42. The number of para-hydroxylation sites is 2. The van der Waals surface area contributed by atoms with E-state index in [2.05, 4.69) is 49.0 Å². The van der Waals surface area contributed by atoms with Gasteiger partial charge in [-0.05, 0) is 30.7 Å². The Morgan fingerprint density at radius 1 is 0.960 bits per heavy atom. The van der Waals surface area contributed by atoms with Gasteiger partial charge >= 0.3 is 0 Å². The van der Waals surface area contributed by atoms with Crippen molar-refractivity contribution < 1.29 is 4.74 Å². The Labute approximate surface area is 147 Å². The van der Waals surface area contributed by atoms with Crippen molar-refractivity contribution in [2.45, 2.75) is 6.92 Å². The third-order valence-electron chi connectivity index (χ3n) is 4.54. The first-order chi connectivity index (χ1) is 12.1. The summed E-state index contributed by atoms with van der Waals surface area (Å²) < 4.78 is 6.26. The molecule has 0 fully saturated rings. The van der Waals surface area contributed by atoms with Crippen molar-refractivity contribution >= 4 is 11.3 Å². The van der Waals surface area contributed by atoms with Gasteiger partial charge < -0.3 is 14.6 Å². The highest BCUT2D eigenvalue weighted by atomic mass is 16.5. The molecule has 2 heterocycles. The highest BCUT2D eigenvalue weighted by Crippen LogP contribution is 2.41. The van der Waals surface area contributed by atoms with E-state index in [0.717, 1.165) is 45.2 Å². The minimum Gasteiger partial charge on any atom is -0.456 e. The summed E-state index contributed by atoms with van der Waals surface area (Å²) in [6, 6.07) is 18.2. The van der Waals surface area contributed by atoms with Crippen LogP contribution in [-0.2, 0) is 0 Å². The van der Waals surface area contributed by atoms with E-state index < -0.39 is 0 Å². The zero-order valence-electron chi connectivity index (χ0n) is 14.4. The Bertz CT molecular complexity index is 967. The summed E-state index contributed by atoms with van der Waals surface area (Å²) in [5.74, 6) is 1.72. The standard InChI is InChI=1S/C22H20N2O/c1-15-8-7-11-19(22(15)25-17-9-5-4-6-10-17)20-14-24(3)16(2)21-18(20)12-13-23-21/h4-14,23H,2H2,1,3H3. The smallest absolute Gasteiger partial charge is 0.138 e. The summed E-state index contributed by atoms with van der Waals surface area (Å²) in [5, 5.41) is 0. The number of H-pyrrole nitrogens is 1. The van der Waals surface area contributed by atoms with Gasteiger partial charge in [-0.3, -0.25) is 0 Å². The second-order valence-electron chi connectivity index (χ2n) is 6.23. The lowest BCUT2D eigenvalue weighted by Gasteiger charge is -2.26. The molecular weight excluding hydrogens is 308 g/mol. The van der Waals surface area contributed by atoms with Crippen molar-refractivity contribution in [2.24, 2.45) is 0 Å². The van der Waals surface area contributed by atoms with Crippen LogP contribution < -0.4 is 4.74 Å². The number of nitrogens with one attached hydrogen (secondary N) is 1. The van der Waals surface area contributed by atoms with Gasteiger partial charge in [-0.25, -0.2) is 0 Å². The highest BCUT2D eigenvalue weighted by molar-refractivity contribution is 5.91. The number of aromatic nitrogens is 1. The average Bonchev–Trinajstić information content (AvgIpc) is 3.11. The third kappa shape index (κ3) is 2.64. The van der Waals surface area contributed by atoms with Gasteiger partial charge in [0.15, 0.2) is 0 Å². The van der Waals surface area contributed by atoms with E-state index in [1.54, 1.807) is 0 Å². The molecule has 3 nitrogen and oxygen atoms in total. The van der Waals surface area contributed by atoms with Crippen LogP contribution in [0.2, 0.25) is 0 Å². The molecule has 0 aliphatic carbocycles. The SMILES string of the molecule is C=C1c2[nH]ccc2C(c2cccc(C)c2Oc2ccccc2)=CN1C. The zero-order chi connectivity index (χ0) is 17.4. The first-order valence-corrected chi connectivity index (χ1v) is 8.29. The first-order valence-electron chi connectivity index (χ1n) is 8.29. The molecule has 124 valence electrons. The fourth-order valence-corrected chi connectivity index (χ4v) is 3.17. The molecule has 3 heteroatoms. The van der Waals surface area contributed by atoms with Gasteiger partial charge in [0.1, 0.15) is 11.5 Å². The molecule has 1 aromatic heterocycles. The zero-order valence-corrected chi connectivity index (χ0v) is 14.4. The average molecular weight is 328 g/mol. The van der Waals surface area contributed by atoms with Gasteiger partial charge in [0, 0.05) is 36.1 Å². The van der Waals surface area contributed by atoms with Crippen LogP contribution in [0.25, 0.3) is 11.3 Å². The summed E-state index contributed by atoms with van der Waals surface area (Å²) in [6.45, 7) is 6.24. The van der Waals surface area contributed by atoms with Gasteiger partial charge in [0.2, 0.25) is 0 Å². The molecule has 25 heavy (non-hydrogen) atoms. The number of aromatic amines is 1. The van der Waals surface area contributed by atoms with Crippen LogP contribution in [-0.4, -0.2) is 16.9 Å². The number of ether oxygens (including phenoxy) is 1. The largest absolute Gasteiger partial charge is 0.456 e. The van der Waals surface area contributed by atoms with E-state index in [1.807, 2.05) is 48.5 Å². The molecule has 3 aromatic rings. The monoisotopic (exact) mass is 328 g/mol. The van der Waals surface area contributed by atoms with Gasteiger partial charge in [0.25, 0.3) is 0 Å². The summed E-state index contributed by atoms with van der Waals surface area (Å²) in [7, 11) is 2.01. The molecule has 1 aliphatic rings. The molecule has 0 radical (unpaired) electrons. The van der Waals surface area contributed by atoms with E-state index in [1.165, 1.54) is 0 Å². The number of nitrogens with zero attached hydrogens (tertiary/aromatic N) is 1. The summed E-state index contributed by atoms with van der Waals surface area (Å²) >= 11 is 0. The van der Waals surface area contributed by atoms with Crippen LogP contribution in [0.3, 0.4) is 0 Å². The fraction of sp³-hybridized carbons (Fsp3) is 0.0909. The molecule has 0 bridgehead atoms. The summed E-state index contributed by atoms with van der Waals surface area (Å²) in [4.78, 5) is 5.34. The Kier molecular flexibility index (Phi) is 3.69. The normalized spacial score (nSPS) is 13.4. The maximum atomic E-state index is 6.26. The Balaban J connectivity index is 1.86. The molecular formula is C22H20N2O. The molecule has 0 spiro atoms. The van der Waals surface area contributed by atoms with E-state index >= 15 is 0 Å². The Hall–Kier alpha value is -3.20. The van der Waals surface area contributed by atoms with Crippen LogP contribution in [0.4, 0.5) is 0 Å². The van der Waals surface area contributed by atoms with Crippen molar-refractivity contribution in [3.05, 3.63) is 96.0 Å². The van der Waals surface area contributed by atoms with Crippen LogP contribution >= 0.6 is 0 Å². The van der Waals surface area contributed by atoms with Crippen molar-refractivity contribution in [2.75, 3.05) is 7.05 Å². The predicted molar refractivity (Wildman–Crippen MR) is 102 cm³/mol. The van der Waals surface area contributed by atoms with Crippen LogP contribution in [0.5, 0.6) is 11.5 Å². The highest BCUT2D eigenvalue weighted by Gasteiger charge is 2.23. The van der Waals surface area contributed by atoms with Crippen LogP contribution in [0.15, 0.2) is 73.6 Å². The number of rotatable bonds is 3. The number of fused-ring (bicyclic) bond motifs is 1.